The van der Waals surface area contributed by atoms with E-state index in [0.29, 0.717) is 5.57 Å². The van der Waals surface area contributed by atoms with E-state index >= 15 is 0 Å². The number of non-ortho nitro benzene ring substituents is 1. The average molecular weight is 319 g/mol. The summed E-state index contributed by atoms with van der Waals surface area (Å²) < 4.78 is 0. The van der Waals surface area contributed by atoms with Crippen LogP contribution in [0.25, 0.3) is 0 Å². The SMILES string of the molecule is CSC1=N[C@H](c2ccc([N+](=O)[O-])cc2)C(C(C)=O)=C(C)N1C. The number of nitro benzene ring substituents is 1. The number of benzene rings is 1. The number of aliphatic imine (C=N–C) groups is 1. The van der Waals surface area contributed by atoms with Crippen LogP contribution in [0.1, 0.15) is 25.5 Å². The van der Waals surface area contributed by atoms with Crippen molar-refractivity contribution in [3.63, 3.8) is 0 Å². The molecule has 0 aliphatic carbocycles. The third-order valence-electron chi connectivity index (χ3n) is 3.67. The van der Waals surface area contributed by atoms with Crippen LogP contribution in [0.15, 0.2) is 40.5 Å². The fourth-order valence-electron chi connectivity index (χ4n) is 2.44. The number of carbonyl (C=O) groups is 1. The maximum absolute atomic E-state index is 12.0. The summed E-state index contributed by atoms with van der Waals surface area (Å²) in [6.07, 6.45) is 1.92. The van der Waals surface area contributed by atoms with Crippen molar-refractivity contribution < 1.29 is 9.72 Å². The number of allylic oxidation sites excluding steroid dienone is 1. The molecule has 1 heterocycles. The number of carbonyl (C=O) groups excluding carboxylic acids is 1. The summed E-state index contributed by atoms with van der Waals surface area (Å²) in [4.78, 5) is 28.9. The van der Waals surface area contributed by atoms with Crippen molar-refractivity contribution in [3.05, 3.63) is 51.2 Å². The van der Waals surface area contributed by atoms with Crippen molar-refractivity contribution in [2.45, 2.75) is 19.9 Å². The normalized spacial score (nSPS) is 18.3. The van der Waals surface area contributed by atoms with Gasteiger partial charge in [-0.25, -0.2) is 4.99 Å². The number of amidine groups is 1. The van der Waals surface area contributed by atoms with Crippen molar-refractivity contribution in [1.29, 1.82) is 0 Å². The Labute approximate surface area is 133 Å². The molecule has 1 aliphatic rings. The first-order valence-corrected chi connectivity index (χ1v) is 7.90. The second-order valence-corrected chi connectivity index (χ2v) is 5.75. The minimum absolute atomic E-state index is 0.0239. The molecule has 0 fully saturated rings. The molecule has 6 nitrogen and oxygen atoms in total. The lowest BCUT2D eigenvalue weighted by molar-refractivity contribution is -0.384. The highest BCUT2D eigenvalue weighted by atomic mass is 32.2. The van der Waals surface area contributed by atoms with E-state index < -0.39 is 11.0 Å². The maximum Gasteiger partial charge on any atom is 0.269 e. The van der Waals surface area contributed by atoms with E-state index in [9.17, 15) is 14.9 Å². The zero-order chi connectivity index (χ0) is 16.4. The number of thioether (sulfide) groups is 1. The molecule has 1 aromatic carbocycles. The lowest BCUT2D eigenvalue weighted by Gasteiger charge is -2.31. The highest BCUT2D eigenvalue weighted by molar-refractivity contribution is 8.13. The Balaban J connectivity index is 2.51. The van der Waals surface area contributed by atoms with E-state index in [4.69, 9.17) is 0 Å². The van der Waals surface area contributed by atoms with Crippen LogP contribution in [-0.2, 0) is 4.79 Å². The Morgan fingerprint density at radius 3 is 2.41 bits per heavy atom. The second-order valence-electron chi connectivity index (χ2n) is 4.98. The van der Waals surface area contributed by atoms with Crippen LogP contribution in [-0.4, -0.2) is 34.1 Å². The minimum atomic E-state index is -0.442. The number of rotatable bonds is 3. The standard InChI is InChI=1S/C15H17N3O3S/c1-9-13(10(2)19)14(16-15(22-4)17(9)3)11-5-7-12(8-6-11)18(20)21/h5-8,14H,1-4H3/t14-/m1/s1. The van der Waals surface area contributed by atoms with E-state index in [2.05, 4.69) is 4.99 Å². The Morgan fingerprint density at radius 2 is 1.95 bits per heavy atom. The van der Waals surface area contributed by atoms with Gasteiger partial charge in [-0.15, -0.1) is 0 Å². The van der Waals surface area contributed by atoms with E-state index in [1.807, 2.05) is 25.1 Å². The van der Waals surface area contributed by atoms with Gasteiger partial charge < -0.3 is 4.90 Å². The number of nitrogens with zero attached hydrogens (tertiary/aromatic N) is 3. The number of nitro groups is 1. The number of hydrogen-bond donors (Lipinski definition) is 0. The summed E-state index contributed by atoms with van der Waals surface area (Å²) in [6.45, 7) is 3.41. The summed E-state index contributed by atoms with van der Waals surface area (Å²) in [7, 11) is 1.87. The topological polar surface area (TPSA) is 75.8 Å². The molecule has 0 N–H and O–H groups in total. The van der Waals surface area contributed by atoms with Gasteiger partial charge in [0.15, 0.2) is 11.0 Å². The zero-order valence-corrected chi connectivity index (χ0v) is 13.7. The first-order valence-electron chi connectivity index (χ1n) is 6.68. The van der Waals surface area contributed by atoms with Crippen LogP contribution < -0.4 is 0 Å². The van der Waals surface area contributed by atoms with Gasteiger partial charge in [-0.05, 0) is 37.8 Å². The number of Topliss-reactive ketones (excluding diaryl/α,β-unsaturated/α-hetero) is 1. The second kappa shape index (κ2) is 6.31. The molecule has 116 valence electrons. The van der Waals surface area contributed by atoms with E-state index in [1.165, 1.54) is 30.8 Å². The smallest absolute Gasteiger partial charge is 0.269 e. The van der Waals surface area contributed by atoms with Crippen LogP contribution in [0.3, 0.4) is 0 Å². The fourth-order valence-corrected chi connectivity index (χ4v) is 3.06. The molecule has 1 aliphatic heterocycles. The van der Waals surface area contributed by atoms with E-state index in [-0.39, 0.29) is 11.5 Å². The van der Waals surface area contributed by atoms with E-state index in [1.54, 1.807) is 12.1 Å². The van der Waals surface area contributed by atoms with Crippen LogP contribution in [0, 0.1) is 10.1 Å². The first kappa shape index (κ1) is 16.2. The summed E-state index contributed by atoms with van der Waals surface area (Å²) >= 11 is 1.50. The minimum Gasteiger partial charge on any atom is -0.328 e. The fraction of sp³-hybridized carbons (Fsp3) is 0.333. The van der Waals surface area contributed by atoms with Gasteiger partial charge in [-0.2, -0.15) is 0 Å². The van der Waals surface area contributed by atoms with Gasteiger partial charge in [0.25, 0.3) is 5.69 Å². The predicted octanol–water partition coefficient (Wildman–Crippen LogP) is 3.16. The Kier molecular flexibility index (Phi) is 4.65. The van der Waals surface area contributed by atoms with Crippen molar-refractivity contribution in [2.24, 2.45) is 4.99 Å². The van der Waals surface area contributed by atoms with Crippen LogP contribution in [0.4, 0.5) is 5.69 Å². The van der Waals surface area contributed by atoms with Crippen molar-refractivity contribution in [2.75, 3.05) is 13.3 Å². The number of ketones is 1. The largest absolute Gasteiger partial charge is 0.328 e. The molecule has 0 aromatic heterocycles. The molecule has 1 aromatic rings. The van der Waals surface area contributed by atoms with E-state index in [0.717, 1.165) is 16.4 Å². The molecule has 2 rings (SSSR count). The maximum atomic E-state index is 12.0. The molecule has 0 unspecified atom stereocenters. The third-order valence-corrected chi connectivity index (χ3v) is 4.42. The molecule has 0 saturated heterocycles. The summed E-state index contributed by atoms with van der Waals surface area (Å²) in [5.41, 5.74) is 2.27. The molecule has 7 heteroatoms. The molecule has 0 saturated carbocycles. The van der Waals surface area contributed by atoms with Crippen molar-refractivity contribution in [3.8, 4) is 0 Å². The first-order chi connectivity index (χ1) is 10.4. The summed E-state index contributed by atoms with van der Waals surface area (Å²) in [5.74, 6) is -0.0448. The lowest BCUT2D eigenvalue weighted by Crippen LogP contribution is -2.31. The highest BCUT2D eigenvalue weighted by Gasteiger charge is 2.29. The zero-order valence-electron chi connectivity index (χ0n) is 12.9. The Hall–Kier alpha value is -2.15. The van der Waals surface area contributed by atoms with Gasteiger partial charge in [-0.1, -0.05) is 11.8 Å². The van der Waals surface area contributed by atoms with Gasteiger partial charge >= 0.3 is 0 Å². The van der Waals surface area contributed by atoms with Crippen LogP contribution >= 0.6 is 11.8 Å². The molecule has 22 heavy (non-hydrogen) atoms. The molecular formula is C15H17N3O3S. The van der Waals surface area contributed by atoms with Gasteiger partial charge in [0.1, 0.15) is 6.04 Å². The monoisotopic (exact) mass is 319 g/mol. The predicted molar refractivity (Wildman–Crippen MR) is 87.9 cm³/mol. The average Bonchev–Trinajstić information content (AvgIpc) is 2.49. The summed E-state index contributed by atoms with van der Waals surface area (Å²) in [5, 5.41) is 11.6. The molecular weight excluding hydrogens is 302 g/mol. The van der Waals surface area contributed by atoms with Gasteiger partial charge in [-0.3, -0.25) is 14.9 Å². The summed E-state index contributed by atoms with van der Waals surface area (Å²) in [6, 6.07) is 5.78. The molecule has 1 atom stereocenters. The van der Waals surface area contributed by atoms with Crippen molar-refractivity contribution >= 4 is 28.4 Å². The Morgan fingerprint density at radius 1 is 1.36 bits per heavy atom. The van der Waals surface area contributed by atoms with Gasteiger partial charge in [0, 0.05) is 30.5 Å². The Bertz CT molecular complexity index is 680. The van der Waals surface area contributed by atoms with Gasteiger partial charge in [0.2, 0.25) is 0 Å². The molecule has 0 radical (unpaired) electrons. The molecule has 0 bridgehead atoms. The molecule has 0 spiro atoms. The number of hydrogen-bond acceptors (Lipinski definition) is 6. The van der Waals surface area contributed by atoms with Crippen LogP contribution in [0.5, 0.6) is 0 Å². The van der Waals surface area contributed by atoms with Crippen molar-refractivity contribution in [1.82, 2.24) is 4.90 Å². The highest BCUT2D eigenvalue weighted by Crippen LogP contribution is 2.35. The quantitative estimate of drug-likeness (QED) is 0.632. The van der Waals surface area contributed by atoms with Crippen LogP contribution in [0.2, 0.25) is 0 Å². The molecule has 0 amide bonds. The van der Waals surface area contributed by atoms with Gasteiger partial charge in [0.05, 0.1) is 4.92 Å². The lowest BCUT2D eigenvalue weighted by atomic mass is 9.93. The third kappa shape index (κ3) is 2.89.